The van der Waals surface area contributed by atoms with Crippen LogP contribution in [0.1, 0.15) is 0 Å². The predicted molar refractivity (Wildman–Crippen MR) is 48.7 cm³/mol. The fourth-order valence-corrected chi connectivity index (χ4v) is 1.01. The monoisotopic (exact) mass is 210 g/mol. The maximum absolute atomic E-state index is 10.6. The van der Waals surface area contributed by atoms with Crippen LogP contribution in [0.3, 0.4) is 0 Å². The van der Waals surface area contributed by atoms with Crippen LogP contribution in [0.15, 0.2) is 12.7 Å². The third-order valence-corrected chi connectivity index (χ3v) is 1.68. The number of hydrogen-bond donors (Lipinski definition) is 2. The number of aliphatic hydroxyl groups is 1. The van der Waals surface area contributed by atoms with Crippen LogP contribution in [-0.4, -0.2) is 42.6 Å². The molecule has 6 heteroatoms. The van der Waals surface area contributed by atoms with Crippen LogP contribution in [0, 0.1) is 0 Å². The summed E-state index contributed by atoms with van der Waals surface area (Å²) in [6, 6.07) is 0. The molecule has 2 unspecified atom stereocenters. The first-order chi connectivity index (χ1) is 5.95. The van der Waals surface area contributed by atoms with E-state index in [0.29, 0.717) is 6.61 Å². The van der Waals surface area contributed by atoms with E-state index in [1.807, 2.05) is 0 Å². The molecule has 5 nitrogen and oxygen atoms in total. The second kappa shape index (κ2) is 6.29. The summed E-state index contributed by atoms with van der Waals surface area (Å²) in [4.78, 5) is 8.70. The minimum Gasteiger partial charge on any atom is -0.388 e. The highest BCUT2D eigenvalue weighted by Crippen LogP contribution is 2.36. The Bertz CT molecular complexity index is 187. The second-order valence-electron chi connectivity index (χ2n) is 2.58. The number of ether oxygens (including phenoxy) is 1. The molecular weight excluding hydrogens is 195 g/mol. The van der Waals surface area contributed by atoms with Crippen LogP contribution in [0.2, 0.25) is 0 Å². The summed E-state index contributed by atoms with van der Waals surface area (Å²) in [6.45, 7) is 4.67. The van der Waals surface area contributed by atoms with Crippen molar-refractivity contribution in [2.24, 2.45) is 0 Å². The molecule has 78 valence electrons. The van der Waals surface area contributed by atoms with Crippen molar-refractivity contribution in [3.8, 4) is 0 Å². The normalized spacial score (nSPS) is 17.8. The molecule has 0 aromatic heterocycles. The zero-order valence-electron chi connectivity index (χ0n) is 7.55. The zero-order valence-corrected chi connectivity index (χ0v) is 8.44. The van der Waals surface area contributed by atoms with E-state index < -0.39 is 13.7 Å². The quantitative estimate of drug-likeness (QED) is 0.361. The Kier molecular flexibility index (Phi) is 6.20. The van der Waals surface area contributed by atoms with Crippen molar-refractivity contribution in [2.75, 3.05) is 26.5 Å². The lowest BCUT2D eigenvalue weighted by molar-refractivity contribution is 0.0193. The Balaban J connectivity index is 3.45. The van der Waals surface area contributed by atoms with Gasteiger partial charge < -0.3 is 19.3 Å². The molecule has 0 bridgehead atoms. The van der Waals surface area contributed by atoms with Gasteiger partial charge in [-0.2, -0.15) is 0 Å². The van der Waals surface area contributed by atoms with Crippen LogP contribution in [-0.2, 0) is 13.8 Å². The fraction of sp³-hybridized carbons (Fsp3) is 0.714. The maximum Gasteiger partial charge on any atom is 0.325 e. The van der Waals surface area contributed by atoms with Gasteiger partial charge in [0, 0.05) is 6.66 Å². The van der Waals surface area contributed by atoms with Gasteiger partial charge in [0.2, 0.25) is 0 Å². The van der Waals surface area contributed by atoms with Crippen molar-refractivity contribution in [3.05, 3.63) is 12.7 Å². The van der Waals surface area contributed by atoms with Gasteiger partial charge in [-0.15, -0.1) is 6.58 Å². The van der Waals surface area contributed by atoms with Crippen LogP contribution < -0.4 is 0 Å². The molecule has 0 rings (SSSR count). The molecule has 0 aliphatic heterocycles. The molecule has 0 fully saturated rings. The minimum atomic E-state index is -3.49. The first-order valence-electron chi connectivity index (χ1n) is 3.77. The number of rotatable bonds is 7. The summed E-state index contributed by atoms with van der Waals surface area (Å²) >= 11 is 0. The molecule has 0 aliphatic carbocycles. The molecule has 0 aromatic carbocycles. The highest BCUT2D eigenvalue weighted by molar-refractivity contribution is 7.51. The lowest BCUT2D eigenvalue weighted by Crippen LogP contribution is -2.21. The van der Waals surface area contributed by atoms with Crippen LogP contribution in [0.25, 0.3) is 0 Å². The number of hydrogen-bond acceptors (Lipinski definition) is 4. The SMILES string of the molecule is C=CCOCC(O)COP(C)(=O)O. The fourth-order valence-electron chi connectivity index (χ4n) is 0.560. The Labute approximate surface area is 77.5 Å². The van der Waals surface area contributed by atoms with Crippen molar-refractivity contribution in [2.45, 2.75) is 6.10 Å². The Morgan fingerprint density at radius 3 is 2.69 bits per heavy atom. The van der Waals surface area contributed by atoms with Gasteiger partial charge in [-0.05, 0) is 0 Å². The molecule has 0 aromatic rings. The first kappa shape index (κ1) is 12.8. The second-order valence-corrected chi connectivity index (χ2v) is 4.44. The van der Waals surface area contributed by atoms with Crippen molar-refractivity contribution in [1.29, 1.82) is 0 Å². The van der Waals surface area contributed by atoms with E-state index in [4.69, 9.17) is 14.7 Å². The zero-order chi connectivity index (χ0) is 10.3. The lowest BCUT2D eigenvalue weighted by atomic mass is 10.4. The predicted octanol–water partition coefficient (Wildman–Crippen LogP) is 0.382. The Morgan fingerprint density at radius 1 is 1.62 bits per heavy atom. The molecule has 0 spiro atoms. The summed E-state index contributed by atoms with van der Waals surface area (Å²) < 4.78 is 20.0. The standard InChI is InChI=1S/C7H15O5P/c1-3-4-11-5-7(8)6-12-13(2,9)10/h3,7-8H,1,4-6H2,2H3,(H,9,10). The minimum absolute atomic E-state index is 0.0615. The summed E-state index contributed by atoms with van der Waals surface area (Å²) in [7, 11) is -3.49. The molecule has 2 atom stereocenters. The van der Waals surface area contributed by atoms with Gasteiger partial charge >= 0.3 is 7.60 Å². The van der Waals surface area contributed by atoms with Crippen molar-refractivity contribution < 1.29 is 23.8 Å². The molecule has 0 radical (unpaired) electrons. The van der Waals surface area contributed by atoms with Gasteiger partial charge in [0.1, 0.15) is 6.10 Å². The third kappa shape index (κ3) is 9.73. The average Bonchev–Trinajstić information content (AvgIpc) is 2.00. The summed E-state index contributed by atoms with van der Waals surface area (Å²) in [5, 5.41) is 9.12. The molecule has 0 saturated heterocycles. The average molecular weight is 210 g/mol. The van der Waals surface area contributed by atoms with E-state index in [1.165, 1.54) is 0 Å². The third-order valence-electron chi connectivity index (χ3n) is 1.05. The van der Waals surface area contributed by atoms with Gasteiger partial charge in [0.15, 0.2) is 0 Å². The Hall–Kier alpha value is -0.190. The first-order valence-corrected chi connectivity index (χ1v) is 5.79. The topological polar surface area (TPSA) is 76.0 Å². The largest absolute Gasteiger partial charge is 0.388 e. The summed E-state index contributed by atoms with van der Waals surface area (Å²) in [5.74, 6) is 0. The lowest BCUT2D eigenvalue weighted by Gasteiger charge is -2.12. The van der Waals surface area contributed by atoms with E-state index in [-0.39, 0.29) is 13.2 Å². The highest BCUT2D eigenvalue weighted by Gasteiger charge is 2.13. The van der Waals surface area contributed by atoms with Gasteiger partial charge in [-0.1, -0.05) is 6.08 Å². The molecule has 2 N–H and O–H groups in total. The van der Waals surface area contributed by atoms with Crippen LogP contribution in [0.4, 0.5) is 0 Å². The van der Waals surface area contributed by atoms with Crippen LogP contribution in [0.5, 0.6) is 0 Å². The molecule has 0 aliphatic rings. The van der Waals surface area contributed by atoms with Gasteiger partial charge in [-0.3, -0.25) is 4.57 Å². The highest BCUT2D eigenvalue weighted by atomic mass is 31.2. The van der Waals surface area contributed by atoms with Gasteiger partial charge in [0.25, 0.3) is 0 Å². The van der Waals surface area contributed by atoms with E-state index in [9.17, 15) is 4.57 Å². The number of aliphatic hydroxyl groups excluding tert-OH is 1. The molecule has 0 amide bonds. The Morgan fingerprint density at radius 2 is 2.23 bits per heavy atom. The smallest absolute Gasteiger partial charge is 0.325 e. The van der Waals surface area contributed by atoms with Gasteiger partial charge in [-0.25, -0.2) is 0 Å². The van der Waals surface area contributed by atoms with Gasteiger partial charge in [0.05, 0.1) is 19.8 Å². The van der Waals surface area contributed by atoms with E-state index in [2.05, 4.69) is 11.1 Å². The maximum atomic E-state index is 10.6. The van der Waals surface area contributed by atoms with Crippen molar-refractivity contribution in [3.63, 3.8) is 0 Å². The molecular formula is C7H15O5P. The molecule has 0 saturated carbocycles. The molecule has 13 heavy (non-hydrogen) atoms. The van der Waals surface area contributed by atoms with Crippen LogP contribution >= 0.6 is 7.60 Å². The molecule has 0 heterocycles. The van der Waals surface area contributed by atoms with E-state index >= 15 is 0 Å². The van der Waals surface area contributed by atoms with E-state index in [1.54, 1.807) is 6.08 Å². The van der Waals surface area contributed by atoms with E-state index in [0.717, 1.165) is 6.66 Å². The van der Waals surface area contributed by atoms with Crippen molar-refractivity contribution >= 4 is 7.60 Å². The summed E-state index contributed by atoms with van der Waals surface area (Å²) in [6.07, 6.45) is 0.657. The summed E-state index contributed by atoms with van der Waals surface area (Å²) in [5.41, 5.74) is 0. The van der Waals surface area contributed by atoms with Crippen molar-refractivity contribution in [1.82, 2.24) is 0 Å².